The van der Waals surface area contributed by atoms with Crippen LogP contribution in [0, 0.1) is 16.0 Å². The summed E-state index contributed by atoms with van der Waals surface area (Å²) in [4.78, 5) is 27.4. The van der Waals surface area contributed by atoms with Crippen molar-refractivity contribution in [1.82, 2.24) is 15.5 Å². The van der Waals surface area contributed by atoms with E-state index in [4.69, 9.17) is 16.1 Å². The van der Waals surface area contributed by atoms with E-state index in [2.05, 4.69) is 15.5 Å². The van der Waals surface area contributed by atoms with Crippen LogP contribution in [0.2, 0.25) is 5.02 Å². The number of nitrogens with one attached hydrogen (secondary N) is 1. The molecule has 0 saturated heterocycles. The molecule has 0 bridgehead atoms. The highest BCUT2D eigenvalue weighted by atomic mass is 35.5. The van der Waals surface area contributed by atoms with Crippen LogP contribution in [0.15, 0.2) is 53.1 Å². The van der Waals surface area contributed by atoms with Crippen LogP contribution in [0.25, 0.3) is 11.4 Å². The number of carbonyl (C=O) groups excluding carboxylic acids is 1. The summed E-state index contributed by atoms with van der Waals surface area (Å²) in [5.41, 5.74) is 0.908. The minimum absolute atomic E-state index is 0.0200. The molecule has 0 saturated carbocycles. The molecule has 29 heavy (non-hydrogen) atoms. The van der Waals surface area contributed by atoms with E-state index in [0.29, 0.717) is 16.1 Å². The van der Waals surface area contributed by atoms with Gasteiger partial charge in [-0.25, -0.2) is 0 Å². The second kappa shape index (κ2) is 8.83. The second-order valence-electron chi connectivity index (χ2n) is 6.58. The fourth-order valence-electron chi connectivity index (χ4n) is 2.76. The number of amides is 1. The molecule has 0 spiro atoms. The zero-order valence-corrected chi connectivity index (χ0v) is 16.6. The number of benzene rings is 2. The van der Waals surface area contributed by atoms with Gasteiger partial charge in [-0.2, -0.15) is 4.98 Å². The molecule has 1 N–H and O–H groups in total. The number of hydrogen-bond donors (Lipinski definition) is 1. The molecule has 0 fully saturated rings. The van der Waals surface area contributed by atoms with E-state index in [-0.39, 0.29) is 29.2 Å². The molecular formula is C20H19ClN4O4. The van der Waals surface area contributed by atoms with Gasteiger partial charge in [0.15, 0.2) is 0 Å². The van der Waals surface area contributed by atoms with Crippen LogP contribution in [-0.4, -0.2) is 21.0 Å². The predicted octanol–water partition coefficient (Wildman–Crippen LogP) is 4.82. The lowest BCUT2D eigenvalue weighted by Crippen LogP contribution is -2.33. The van der Waals surface area contributed by atoms with Gasteiger partial charge in [0.2, 0.25) is 11.7 Å². The average molecular weight is 415 g/mol. The summed E-state index contributed by atoms with van der Waals surface area (Å²) in [7, 11) is 0. The zero-order chi connectivity index (χ0) is 21.0. The lowest BCUT2D eigenvalue weighted by Gasteiger charge is -2.21. The number of halogens is 1. The smallest absolute Gasteiger partial charge is 0.269 e. The van der Waals surface area contributed by atoms with Crippen molar-refractivity contribution in [2.45, 2.75) is 26.3 Å². The molecule has 150 valence electrons. The Balaban J connectivity index is 1.85. The van der Waals surface area contributed by atoms with E-state index in [1.807, 2.05) is 13.8 Å². The minimum Gasteiger partial charge on any atom is -0.340 e. The molecule has 1 heterocycles. The van der Waals surface area contributed by atoms with Crippen molar-refractivity contribution in [3.8, 4) is 11.4 Å². The van der Waals surface area contributed by atoms with Crippen molar-refractivity contribution >= 4 is 23.2 Å². The van der Waals surface area contributed by atoms with Crippen LogP contribution < -0.4 is 5.32 Å². The van der Waals surface area contributed by atoms with Gasteiger partial charge < -0.3 is 9.84 Å². The average Bonchev–Trinajstić information content (AvgIpc) is 3.21. The summed E-state index contributed by atoms with van der Waals surface area (Å²) in [6, 6.07) is 12.1. The Morgan fingerprint density at radius 3 is 2.55 bits per heavy atom. The van der Waals surface area contributed by atoms with Crippen molar-refractivity contribution in [3.63, 3.8) is 0 Å². The largest absolute Gasteiger partial charge is 0.340 e. The Bertz CT molecular complexity index is 1020. The Morgan fingerprint density at radius 2 is 1.93 bits per heavy atom. The molecule has 0 aliphatic rings. The molecule has 9 heteroatoms. The third kappa shape index (κ3) is 4.60. The van der Waals surface area contributed by atoms with Gasteiger partial charge in [0.05, 0.1) is 15.5 Å². The number of non-ortho nitro benzene ring substituents is 1. The quantitative estimate of drug-likeness (QED) is 0.438. The minimum atomic E-state index is -0.511. The molecule has 3 rings (SSSR count). The standard InChI is InChI=1S/C20H19ClN4O4/c1-3-12(2)17(22-19(26)15-6-4-5-7-16(15)21)20-23-18(24-29-20)13-8-10-14(11-9-13)25(27)28/h4-12,17H,3H2,1-2H3,(H,22,26)/t12-,17+/m0/s1. The number of rotatable bonds is 7. The first-order valence-electron chi connectivity index (χ1n) is 9.04. The van der Waals surface area contributed by atoms with Crippen LogP contribution in [0.4, 0.5) is 5.69 Å². The molecule has 0 unspecified atom stereocenters. The van der Waals surface area contributed by atoms with Gasteiger partial charge in [-0.05, 0) is 30.2 Å². The van der Waals surface area contributed by atoms with Gasteiger partial charge in [-0.15, -0.1) is 0 Å². The predicted molar refractivity (Wildman–Crippen MR) is 108 cm³/mol. The maximum atomic E-state index is 12.7. The highest BCUT2D eigenvalue weighted by Crippen LogP contribution is 2.27. The van der Waals surface area contributed by atoms with Crippen molar-refractivity contribution in [2.24, 2.45) is 5.92 Å². The summed E-state index contributed by atoms with van der Waals surface area (Å²) in [6.45, 7) is 3.96. The first kappa shape index (κ1) is 20.5. The van der Waals surface area contributed by atoms with Crippen LogP contribution in [0.3, 0.4) is 0 Å². The number of hydrogen-bond acceptors (Lipinski definition) is 6. The molecule has 0 aliphatic carbocycles. The van der Waals surface area contributed by atoms with Gasteiger partial charge in [0.25, 0.3) is 11.6 Å². The SMILES string of the molecule is CC[C@H](C)[C@@H](NC(=O)c1ccccc1Cl)c1nc(-c2ccc([N+](=O)[O-])cc2)no1. The molecule has 0 radical (unpaired) electrons. The Morgan fingerprint density at radius 1 is 1.24 bits per heavy atom. The lowest BCUT2D eigenvalue weighted by atomic mass is 9.98. The summed E-state index contributed by atoms with van der Waals surface area (Å²) in [5, 5.41) is 18.0. The molecule has 3 aromatic rings. The van der Waals surface area contributed by atoms with Crippen LogP contribution in [-0.2, 0) is 0 Å². The van der Waals surface area contributed by atoms with Gasteiger partial charge in [-0.3, -0.25) is 14.9 Å². The van der Waals surface area contributed by atoms with E-state index < -0.39 is 11.0 Å². The van der Waals surface area contributed by atoms with Crippen LogP contribution in [0.5, 0.6) is 0 Å². The van der Waals surface area contributed by atoms with E-state index in [1.54, 1.807) is 36.4 Å². The fraction of sp³-hybridized carbons (Fsp3) is 0.250. The molecule has 8 nitrogen and oxygen atoms in total. The normalized spacial score (nSPS) is 12.9. The first-order valence-corrected chi connectivity index (χ1v) is 9.42. The Kier molecular flexibility index (Phi) is 6.23. The topological polar surface area (TPSA) is 111 Å². The number of nitrogens with zero attached hydrogens (tertiary/aromatic N) is 3. The van der Waals surface area contributed by atoms with Gasteiger partial charge in [0, 0.05) is 17.7 Å². The third-order valence-corrected chi connectivity index (χ3v) is 4.99. The van der Waals surface area contributed by atoms with Gasteiger partial charge in [-0.1, -0.05) is 49.2 Å². The van der Waals surface area contributed by atoms with Crippen LogP contribution in [0.1, 0.15) is 42.6 Å². The summed E-state index contributed by atoms with van der Waals surface area (Å²) in [5.74, 6) is 0.228. The summed E-state index contributed by atoms with van der Waals surface area (Å²) in [6.07, 6.45) is 0.767. The van der Waals surface area contributed by atoms with Crippen molar-refractivity contribution in [1.29, 1.82) is 0 Å². The highest BCUT2D eigenvalue weighted by molar-refractivity contribution is 6.33. The maximum absolute atomic E-state index is 12.7. The number of nitro groups is 1. The summed E-state index contributed by atoms with van der Waals surface area (Å²) < 4.78 is 5.41. The van der Waals surface area contributed by atoms with E-state index in [0.717, 1.165) is 6.42 Å². The van der Waals surface area contributed by atoms with Crippen molar-refractivity contribution in [3.05, 3.63) is 75.1 Å². The monoisotopic (exact) mass is 414 g/mol. The Labute approximate surface area is 172 Å². The van der Waals surface area contributed by atoms with Gasteiger partial charge in [0.1, 0.15) is 6.04 Å². The van der Waals surface area contributed by atoms with E-state index in [1.165, 1.54) is 12.1 Å². The second-order valence-corrected chi connectivity index (χ2v) is 6.98. The maximum Gasteiger partial charge on any atom is 0.269 e. The first-order chi connectivity index (χ1) is 13.9. The molecular weight excluding hydrogens is 396 g/mol. The number of carbonyl (C=O) groups is 1. The summed E-state index contributed by atoms with van der Waals surface area (Å²) >= 11 is 6.12. The lowest BCUT2D eigenvalue weighted by molar-refractivity contribution is -0.384. The molecule has 2 aromatic carbocycles. The number of nitro benzene ring substituents is 1. The molecule has 0 aliphatic heterocycles. The number of aromatic nitrogens is 2. The van der Waals surface area contributed by atoms with E-state index >= 15 is 0 Å². The van der Waals surface area contributed by atoms with Crippen molar-refractivity contribution in [2.75, 3.05) is 0 Å². The van der Waals surface area contributed by atoms with Gasteiger partial charge >= 0.3 is 0 Å². The fourth-order valence-corrected chi connectivity index (χ4v) is 2.98. The molecule has 2 atom stereocenters. The van der Waals surface area contributed by atoms with Crippen LogP contribution >= 0.6 is 11.6 Å². The highest BCUT2D eigenvalue weighted by Gasteiger charge is 2.27. The third-order valence-electron chi connectivity index (χ3n) is 4.66. The zero-order valence-electron chi connectivity index (χ0n) is 15.8. The van der Waals surface area contributed by atoms with Crippen molar-refractivity contribution < 1.29 is 14.2 Å². The molecule has 1 aromatic heterocycles. The van der Waals surface area contributed by atoms with E-state index in [9.17, 15) is 14.9 Å². The Hall–Kier alpha value is -3.26. The molecule has 1 amide bonds.